The number of benzene rings is 1. The van der Waals surface area contributed by atoms with E-state index in [1.165, 1.54) is 0 Å². The number of oxazole rings is 1. The van der Waals surface area contributed by atoms with E-state index in [1.807, 2.05) is 25.1 Å². The highest BCUT2D eigenvalue weighted by Gasteiger charge is 2.06. The van der Waals surface area contributed by atoms with E-state index >= 15 is 0 Å². The second-order valence-electron chi connectivity index (χ2n) is 3.32. The summed E-state index contributed by atoms with van der Waals surface area (Å²) in [6.07, 6.45) is 1.62. The van der Waals surface area contributed by atoms with Gasteiger partial charge in [-0.2, -0.15) is 0 Å². The summed E-state index contributed by atoms with van der Waals surface area (Å²) in [5.74, 6) is 0.691. The molecule has 0 amide bonds. The van der Waals surface area contributed by atoms with Gasteiger partial charge in [0.05, 0.1) is 0 Å². The zero-order chi connectivity index (χ0) is 9.97. The van der Waals surface area contributed by atoms with Gasteiger partial charge in [0, 0.05) is 13.5 Å². The molecule has 1 heterocycles. The normalized spacial score (nSPS) is 11.0. The van der Waals surface area contributed by atoms with Crippen LogP contribution in [0.4, 0.5) is 0 Å². The van der Waals surface area contributed by atoms with Gasteiger partial charge in [-0.25, -0.2) is 4.98 Å². The van der Waals surface area contributed by atoms with E-state index in [9.17, 15) is 0 Å². The minimum atomic E-state index is 0.215. The molecule has 1 aromatic carbocycles. The van der Waals surface area contributed by atoms with E-state index in [0.717, 1.165) is 29.5 Å². The molecule has 3 nitrogen and oxygen atoms in total. The van der Waals surface area contributed by atoms with E-state index in [4.69, 9.17) is 9.52 Å². The summed E-state index contributed by atoms with van der Waals surface area (Å²) in [6, 6.07) is 5.90. The monoisotopic (exact) mass is 191 g/mol. The molecule has 0 unspecified atom stereocenters. The number of rotatable bonds is 3. The quantitative estimate of drug-likeness (QED) is 0.807. The van der Waals surface area contributed by atoms with Crippen molar-refractivity contribution >= 4 is 11.1 Å². The summed E-state index contributed by atoms with van der Waals surface area (Å²) in [4.78, 5) is 4.32. The summed E-state index contributed by atoms with van der Waals surface area (Å²) in [5.41, 5.74) is 2.91. The van der Waals surface area contributed by atoms with Gasteiger partial charge in [-0.15, -0.1) is 0 Å². The van der Waals surface area contributed by atoms with E-state index in [-0.39, 0.29) is 6.61 Å². The van der Waals surface area contributed by atoms with Gasteiger partial charge in [-0.3, -0.25) is 0 Å². The maximum absolute atomic E-state index is 8.76. The molecule has 2 rings (SSSR count). The molecule has 3 heteroatoms. The van der Waals surface area contributed by atoms with E-state index in [0.29, 0.717) is 5.89 Å². The first kappa shape index (κ1) is 9.21. The van der Waals surface area contributed by atoms with Crippen molar-refractivity contribution < 1.29 is 9.52 Å². The average Bonchev–Trinajstić information content (AvgIpc) is 2.55. The van der Waals surface area contributed by atoms with E-state index in [1.54, 1.807) is 0 Å². The van der Waals surface area contributed by atoms with Crippen molar-refractivity contribution in [2.24, 2.45) is 0 Å². The minimum Gasteiger partial charge on any atom is -0.441 e. The van der Waals surface area contributed by atoms with Crippen molar-refractivity contribution in [2.45, 2.75) is 19.8 Å². The van der Waals surface area contributed by atoms with Crippen molar-refractivity contribution in [3.8, 4) is 0 Å². The SMILES string of the molecule is Cc1nc2c(CCCO)cccc2o1. The Morgan fingerprint density at radius 3 is 3.07 bits per heavy atom. The van der Waals surface area contributed by atoms with Gasteiger partial charge in [0.2, 0.25) is 0 Å². The smallest absolute Gasteiger partial charge is 0.192 e. The predicted molar refractivity (Wildman–Crippen MR) is 54.2 cm³/mol. The van der Waals surface area contributed by atoms with Crippen molar-refractivity contribution in [3.63, 3.8) is 0 Å². The first-order chi connectivity index (χ1) is 6.81. The number of aliphatic hydroxyl groups is 1. The number of fused-ring (bicyclic) bond motifs is 1. The maximum atomic E-state index is 8.76. The van der Waals surface area contributed by atoms with Crippen molar-refractivity contribution in [2.75, 3.05) is 6.61 Å². The molecule has 0 saturated carbocycles. The lowest BCUT2D eigenvalue weighted by atomic mass is 10.1. The topological polar surface area (TPSA) is 46.3 Å². The number of nitrogens with zero attached hydrogens (tertiary/aromatic N) is 1. The molecule has 1 aromatic heterocycles. The first-order valence-corrected chi connectivity index (χ1v) is 4.77. The van der Waals surface area contributed by atoms with Crippen LogP contribution in [-0.4, -0.2) is 16.7 Å². The lowest BCUT2D eigenvalue weighted by Crippen LogP contribution is -1.90. The van der Waals surface area contributed by atoms with Gasteiger partial charge in [-0.05, 0) is 24.5 Å². The third-order valence-corrected chi connectivity index (χ3v) is 2.21. The summed E-state index contributed by atoms with van der Waals surface area (Å²) in [5, 5.41) is 8.76. The molecule has 14 heavy (non-hydrogen) atoms. The molecule has 0 radical (unpaired) electrons. The number of aromatic nitrogens is 1. The molecule has 2 aromatic rings. The number of aliphatic hydroxyl groups excluding tert-OH is 1. The van der Waals surface area contributed by atoms with Gasteiger partial charge < -0.3 is 9.52 Å². The van der Waals surface area contributed by atoms with Crippen LogP contribution in [0.15, 0.2) is 22.6 Å². The number of hydrogen-bond donors (Lipinski definition) is 1. The second kappa shape index (κ2) is 3.80. The van der Waals surface area contributed by atoms with Crippen LogP contribution in [0.2, 0.25) is 0 Å². The Morgan fingerprint density at radius 2 is 2.29 bits per heavy atom. The van der Waals surface area contributed by atoms with Crippen LogP contribution in [0.25, 0.3) is 11.1 Å². The van der Waals surface area contributed by atoms with Crippen molar-refractivity contribution in [1.29, 1.82) is 0 Å². The Kier molecular flexibility index (Phi) is 2.50. The molecular weight excluding hydrogens is 178 g/mol. The largest absolute Gasteiger partial charge is 0.441 e. The summed E-state index contributed by atoms with van der Waals surface area (Å²) >= 11 is 0. The molecular formula is C11H13NO2. The van der Waals surface area contributed by atoms with Crippen LogP contribution in [0.1, 0.15) is 17.9 Å². The molecule has 0 atom stereocenters. The Bertz CT molecular complexity index is 434. The second-order valence-corrected chi connectivity index (χ2v) is 3.32. The Hall–Kier alpha value is -1.35. The third-order valence-electron chi connectivity index (χ3n) is 2.21. The van der Waals surface area contributed by atoms with Crippen LogP contribution < -0.4 is 0 Å². The van der Waals surface area contributed by atoms with Crippen molar-refractivity contribution in [3.05, 3.63) is 29.7 Å². The fourth-order valence-electron chi connectivity index (χ4n) is 1.59. The fourth-order valence-corrected chi connectivity index (χ4v) is 1.59. The maximum Gasteiger partial charge on any atom is 0.192 e. The Labute approximate surface area is 82.4 Å². The lowest BCUT2D eigenvalue weighted by Gasteiger charge is -1.98. The lowest BCUT2D eigenvalue weighted by molar-refractivity contribution is 0.288. The van der Waals surface area contributed by atoms with Gasteiger partial charge in [0.25, 0.3) is 0 Å². The van der Waals surface area contributed by atoms with Crippen LogP contribution in [0.3, 0.4) is 0 Å². The molecule has 0 aliphatic carbocycles. The highest BCUT2D eigenvalue weighted by molar-refractivity contribution is 5.76. The first-order valence-electron chi connectivity index (χ1n) is 4.77. The zero-order valence-electron chi connectivity index (χ0n) is 8.16. The zero-order valence-corrected chi connectivity index (χ0v) is 8.16. The van der Waals surface area contributed by atoms with Gasteiger partial charge in [0.15, 0.2) is 11.5 Å². The van der Waals surface area contributed by atoms with Gasteiger partial charge in [0.1, 0.15) is 5.52 Å². The van der Waals surface area contributed by atoms with Crippen LogP contribution in [-0.2, 0) is 6.42 Å². The number of para-hydroxylation sites is 1. The minimum absolute atomic E-state index is 0.215. The summed E-state index contributed by atoms with van der Waals surface area (Å²) < 4.78 is 5.41. The van der Waals surface area contributed by atoms with Gasteiger partial charge in [-0.1, -0.05) is 12.1 Å². The molecule has 0 aliphatic heterocycles. The van der Waals surface area contributed by atoms with Crippen LogP contribution >= 0.6 is 0 Å². The summed E-state index contributed by atoms with van der Waals surface area (Å²) in [6.45, 7) is 2.06. The number of aryl methyl sites for hydroxylation is 2. The Balaban J connectivity index is 2.42. The van der Waals surface area contributed by atoms with Crippen molar-refractivity contribution in [1.82, 2.24) is 4.98 Å². The van der Waals surface area contributed by atoms with Gasteiger partial charge >= 0.3 is 0 Å². The molecule has 0 saturated heterocycles. The molecule has 74 valence electrons. The molecule has 0 spiro atoms. The molecule has 0 fully saturated rings. The Morgan fingerprint density at radius 1 is 1.43 bits per heavy atom. The molecule has 1 N–H and O–H groups in total. The summed E-state index contributed by atoms with van der Waals surface area (Å²) in [7, 11) is 0. The third kappa shape index (κ3) is 1.63. The van der Waals surface area contributed by atoms with E-state index < -0.39 is 0 Å². The highest BCUT2D eigenvalue weighted by atomic mass is 16.3. The average molecular weight is 191 g/mol. The fraction of sp³-hybridized carbons (Fsp3) is 0.364. The van der Waals surface area contributed by atoms with Crippen LogP contribution in [0.5, 0.6) is 0 Å². The standard InChI is InChI=1S/C11H13NO2/c1-8-12-11-9(5-3-7-13)4-2-6-10(11)14-8/h2,4,6,13H,3,5,7H2,1H3. The number of hydrogen-bond acceptors (Lipinski definition) is 3. The van der Waals surface area contributed by atoms with E-state index in [2.05, 4.69) is 4.98 Å². The molecule has 0 aliphatic rings. The predicted octanol–water partition coefficient (Wildman–Crippen LogP) is 2.06. The van der Waals surface area contributed by atoms with Crippen LogP contribution in [0, 0.1) is 6.92 Å². The molecule has 0 bridgehead atoms. The highest BCUT2D eigenvalue weighted by Crippen LogP contribution is 2.20.